The van der Waals surface area contributed by atoms with Gasteiger partial charge < -0.3 is 4.57 Å². The first-order valence-electron chi connectivity index (χ1n) is 5.12. The van der Waals surface area contributed by atoms with Gasteiger partial charge in [-0.25, -0.2) is 0 Å². The molecule has 0 aliphatic carbocycles. The van der Waals surface area contributed by atoms with Crippen LogP contribution in [0.1, 0.15) is 10.4 Å². The molecule has 0 aliphatic rings. The van der Waals surface area contributed by atoms with Gasteiger partial charge in [0.25, 0.3) is 0 Å². The maximum Gasteiger partial charge on any atom is 0.103 e. The van der Waals surface area contributed by atoms with Crippen molar-refractivity contribution in [1.82, 2.24) is 4.57 Å². The van der Waals surface area contributed by atoms with Crippen LogP contribution in [0.5, 0.6) is 0 Å². The Kier molecular flexibility index (Phi) is 1.71. The van der Waals surface area contributed by atoms with Crippen LogP contribution in [-0.2, 0) is 7.05 Å². The molecule has 3 aromatic rings. The van der Waals surface area contributed by atoms with Crippen molar-refractivity contribution in [2.45, 2.75) is 13.8 Å². The average molecular weight is 215 g/mol. The molecule has 2 aromatic heterocycles. The number of hydrogen-bond acceptors (Lipinski definition) is 1. The Morgan fingerprint density at radius 2 is 1.87 bits per heavy atom. The molecule has 0 atom stereocenters. The molecule has 0 aliphatic heterocycles. The van der Waals surface area contributed by atoms with E-state index in [0.717, 1.165) is 0 Å². The van der Waals surface area contributed by atoms with Gasteiger partial charge >= 0.3 is 0 Å². The van der Waals surface area contributed by atoms with Crippen LogP contribution in [0.3, 0.4) is 0 Å². The Labute approximate surface area is 92.9 Å². The molecule has 0 amide bonds. The quantitative estimate of drug-likeness (QED) is 0.534. The summed E-state index contributed by atoms with van der Waals surface area (Å²) in [7, 11) is 2.15. The molecule has 0 saturated carbocycles. The van der Waals surface area contributed by atoms with Gasteiger partial charge in [-0.15, -0.1) is 11.3 Å². The van der Waals surface area contributed by atoms with Crippen molar-refractivity contribution in [3.8, 4) is 0 Å². The van der Waals surface area contributed by atoms with Gasteiger partial charge in [0.15, 0.2) is 0 Å². The van der Waals surface area contributed by atoms with Crippen molar-refractivity contribution in [2.24, 2.45) is 7.05 Å². The third kappa shape index (κ3) is 1.15. The fourth-order valence-corrected chi connectivity index (χ4v) is 3.21. The molecule has 2 heterocycles. The number of fused-ring (bicyclic) bond motifs is 3. The first-order valence-corrected chi connectivity index (χ1v) is 5.93. The van der Waals surface area contributed by atoms with Crippen molar-refractivity contribution in [3.05, 3.63) is 34.7 Å². The second-order valence-corrected chi connectivity index (χ2v) is 5.39. The van der Waals surface area contributed by atoms with Crippen molar-refractivity contribution in [2.75, 3.05) is 0 Å². The fourth-order valence-electron chi connectivity index (χ4n) is 2.21. The van der Waals surface area contributed by atoms with E-state index in [0.29, 0.717) is 0 Å². The second-order valence-electron chi connectivity index (χ2n) is 4.16. The summed E-state index contributed by atoms with van der Waals surface area (Å²) in [6.45, 7) is 4.32. The third-order valence-electron chi connectivity index (χ3n) is 2.94. The molecule has 0 N–H and O–H groups in total. The Bertz CT molecular complexity index is 658. The van der Waals surface area contributed by atoms with Crippen LogP contribution in [0.4, 0.5) is 0 Å². The number of nitrogens with zero attached hydrogens (tertiary/aromatic N) is 1. The predicted molar refractivity (Wildman–Crippen MR) is 67.8 cm³/mol. The van der Waals surface area contributed by atoms with Crippen LogP contribution in [0, 0.1) is 13.8 Å². The summed E-state index contributed by atoms with van der Waals surface area (Å²) in [5, 5.41) is 2.79. The third-order valence-corrected chi connectivity index (χ3v) is 4.07. The minimum Gasteiger partial charge on any atom is -0.335 e. The van der Waals surface area contributed by atoms with Crippen molar-refractivity contribution < 1.29 is 0 Å². The van der Waals surface area contributed by atoms with E-state index in [1.807, 2.05) is 11.3 Å². The summed E-state index contributed by atoms with van der Waals surface area (Å²) in [6.07, 6.45) is 0. The van der Waals surface area contributed by atoms with Crippen molar-refractivity contribution in [1.29, 1.82) is 0 Å². The molecular weight excluding hydrogens is 202 g/mol. The smallest absolute Gasteiger partial charge is 0.103 e. The van der Waals surface area contributed by atoms with Crippen LogP contribution < -0.4 is 0 Å². The molecule has 0 radical (unpaired) electrons. The van der Waals surface area contributed by atoms with E-state index in [2.05, 4.69) is 49.7 Å². The van der Waals surface area contributed by atoms with E-state index in [1.54, 1.807) is 0 Å². The maximum atomic E-state index is 2.29. The van der Waals surface area contributed by atoms with Gasteiger partial charge in [-0.3, -0.25) is 0 Å². The second kappa shape index (κ2) is 2.86. The highest BCUT2D eigenvalue weighted by molar-refractivity contribution is 7.18. The topological polar surface area (TPSA) is 4.93 Å². The number of aromatic nitrogens is 1. The number of aryl methyl sites for hydroxylation is 3. The van der Waals surface area contributed by atoms with Crippen molar-refractivity contribution >= 4 is 32.5 Å². The van der Waals surface area contributed by atoms with E-state index in [-0.39, 0.29) is 0 Å². The predicted octanol–water partition coefficient (Wildman–Crippen LogP) is 4.01. The van der Waals surface area contributed by atoms with Gasteiger partial charge in [0, 0.05) is 28.2 Å². The normalized spacial score (nSPS) is 11.7. The number of thiophene rings is 1. The minimum absolute atomic E-state index is 1.33. The maximum absolute atomic E-state index is 2.29. The molecule has 76 valence electrons. The molecule has 0 spiro atoms. The fraction of sp³-hybridized carbons (Fsp3) is 0.231. The molecule has 0 unspecified atom stereocenters. The molecule has 1 aromatic carbocycles. The van der Waals surface area contributed by atoms with Crippen LogP contribution >= 0.6 is 11.3 Å². The zero-order valence-electron chi connectivity index (χ0n) is 9.16. The zero-order valence-corrected chi connectivity index (χ0v) is 9.98. The Morgan fingerprint density at radius 3 is 2.67 bits per heavy atom. The van der Waals surface area contributed by atoms with Gasteiger partial charge in [-0.2, -0.15) is 0 Å². The monoisotopic (exact) mass is 215 g/mol. The van der Waals surface area contributed by atoms with E-state index in [9.17, 15) is 0 Å². The number of rotatable bonds is 0. The lowest BCUT2D eigenvalue weighted by molar-refractivity contribution is 1.02. The summed E-state index contributed by atoms with van der Waals surface area (Å²) < 4.78 is 2.29. The lowest BCUT2D eigenvalue weighted by Crippen LogP contribution is -1.84. The first kappa shape index (κ1) is 8.98. The first-order chi connectivity index (χ1) is 7.16. The van der Waals surface area contributed by atoms with Crippen LogP contribution in [-0.4, -0.2) is 4.57 Å². The number of hydrogen-bond donors (Lipinski definition) is 0. The zero-order chi connectivity index (χ0) is 10.6. The van der Waals surface area contributed by atoms with Gasteiger partial charge in [-0.1, -0.05) is 11.6 Å². The van der Waals surface area contributed by atoms with Gasteiger partial charge in [0.1, 0.15) is 4.83 Å². The summed E-state index contributed by atoms with van der Waals surface area (Å²) in [5.74, 6) is 0. The SMILES string of the molecule is Cc1ccc2c(c1)c1cc(C)sc1n2C. The Morgan fingerprint density at radius 1 is 1.07 bits per heavy atom. The lowest BCUT2D eigenvalue weighted by Gasteiger charge is -1.97. The van der Waals surface area contributed by atoms with Gasteiger partial charge in [0.2, 0.25) is 0 Å². The minimum atomic E-state index is 1.33. The van der Waals surface area contributed by atoms with E-state index >= 15 is 0 Å². The van der Waals surface area contributed by atoms with Crippen LogP contribution in [0.15, 0.2) is 24.3 Å². The largest absolute Gasteiger partial charge is 0.335 e. The highest BCUT2D eigenvalue weighted by Gasteiger charge is 2.10. The standard InChI is InChI=1S/C13H13NS/c1-8-4-5-12-10(6-8)11-7-9(2)15-13(11)14(12)3/h4-7H,1-3H3. The summed E-state index contributed by atoms with van der Waals surface area (Å²) in [6, 6.07) is 8.97. The highest BCUT2D eigenvalue weighted by atomic mass is 32.1. The molecule has 0 fully saturated rings. The summed E-state index contributed by atoms with van der Waals surface area (Å²) in [5.41, 5.74) is 2.67. The van der Waals surface area contributed by atoms with Gasteiger partial charge in [-0.05, 0) is 32.0 Å². The van der Waals surface area contributed by atoms with E-state index in [1.165, 1.54) is 31.6 Å². The van der Waals surface area contributed by atoms with Gasteiger partial charge in [0.05, 0.1) is 0 Å². The number of benzene rings is 1. The molecule has 1 nitrogen and oxygen atoms in total. The summed E-state index contributed by atoms with van der Waals surface area (Å²) in [4.78, 5) is 2.77. The van der Waals surface area contributed by atoms with Crippen LogP contribution in [0.2, 0.25) is 0 Å². The molecule has 0 saturated heterocycles. The molecular formula is C13H13NS. The van der Waals surface area contributed by atoms with Crippen LogP contribution in [0.25, 0.3) is 21.1 Å². The molecule has 0 bridgehead atoms. The molecule has 15 heavy (non-hydrogen) atoms. The summed E-state index contributed by atoms with van der Waals surface area (Å²) >= 11 is 1.87. The Hall–Kier alpha value is -1.28. The molecule has 3 rings (SSSR count). The highest BCUT2D eigenvalue weighted by Crippen LogP contribution is 2.34. The van der Waals surface area contributed by atoms with E-state index < -0.39 is 0 Å². The Balaban J connectivity index is 2.60. The molecule has 2 heteroatoms. The average Bonchev–Trinajstić information content (AvgIpc) is 2.67. The van der Waals surface area contributed by atoms with E-state index in [4.69, 9.17) is 0 Å². The van der Waals surface area contributed by atoms with Crippen molar-refractivity contribution in [3.63, 3.8) is 0 Å². The lowest BCUT2D eigenvalue weighted by atomic mass is 10.1.